The highest BCUT2D eigenvalue weighted by atomic mass is 79.9. The Balaban J connectivity index is 2.41. The molecule has 2 nitrogen and oxygen atoms in total. The largest absolute Gasteiger partial charge is 0.267 e. The van der Waals surface area contributed by atoms with Gasteiger partial charge in [-0.3, -0.25) is 5.10 Å². The molecule has 94 valence electrons. The Morgan fingerprint density at radius 1 is 1.05 bits per heavy atom. The van der Waals surface area contributed by atoms with Gasteiger partial charge in [0.25, 0.3) is 0 Å². The number of nitrogens with zero attached hydrogens (tertiary/aromatic N) is 1. The number of aromatic nitrogens is 2. The van der Waals surface area contributed by atoms with Crippen LogP contribution in [0.25, 0.3) is 22.0 Å². The average molecular weight is 335 g/mol. The molecule has 2 aromatic carbocycles. The summed E-state index contributed by atoms with van der Waals surface area (Å²) in [6.45, 7) is 0. The zero-order valence-corrected chi connectivity index (χ0v) is 12.1. The molecule has 1 N–H and O–H groups in total. The molecule has 0 spiro atoms. The van der Waals surface area contributed by atoms with Gasteiger partial charge < -0.3 is 0 Å². The second-order valence-electron chi connectivity index (χ2n) is 4.05. The van der Waals surface area contributed by atoms with Crippen LogP contribution in [0.4, 0.5) is 4.39 Å². The van der Waals surface area contributed by atoms with Crippen LogP contribution in [0.2, 0.25) is 0 Å². The third-order valence-electron chi connectivity index (χ3n) is 2.90. The molecule has 19 heavy (non-hydrogen) atoms. The molecule has 1 aromatic heterocycles. The van der Waals surface area contributed by atoms with E-state index in [0.717, 1.165) is 10.8 Å². The third kappa shape index (κ3) is 2.09. The van der Waals surface area contributed by atoms with Gasteiger partial charge in [-0.15, -0.1) is 0 Å². The summed E-state index contributed by atoms with van der Waals surface area (Å²) in [5, 5.41) is 8.66. The van der Waals surface area contributed by atoms with Crippen LogP contribution in [-0.2, 0) is 0 Å². The lowest BCUT2D eigenvalue weighted by Gasteiger charge is -2.07. The van der Waals surface area contributed by atoms with Crippen LogP contribution in [-0.4, -0.2) is 10.2 Å². The van der Waals surface area contributed by atoms with Crippen LogP contribution in [0.1, 0.15) is 0 Å². The normalized spacial score (nSPS) is 10.8. The predicted octanol–water partition coefficient (Wildman–Crippen LogP) is 4.86. The molecule has 1 heterocycles. The van der Waals surface area contributed by atoms with Gasteiger partial charge in [0, 0.05) is 16.3 Å². The molecule has 3 rings (SSSR count). The van der Waals surface area contributed by atoms with Crippen molar-refractivity contribution in [1.82, 2.24) is 10.2 Å². The van der Waals surface area contributed by atoms with E-state index >= 15 is 0 Å². The summed E-state index contributed by atoms with van der Waals surface area (Å²) in [6.07, 6.45) is 0. The second kappa shape index (κ2) is 4.83. The van der Waals surface area contributed by atoms with Crippen molar-refractivity contribution in [2.75, 3.05) is 0 Å². The molecule has 5 heteroatoms. The first-order valence-corrected chi connectivity index (χ1v) is 6.80. The smallest absolute Gasteiger partial charge is 0.146 e. The van der Waals surface area contributed by atoms with E-state index in [1.165, 1.54) is 0 Å². The van der Waals surface area contributed by atoms with Crippen molar-refractivity contribution < 1.29 is 4.39 Å². The van der Waals surface area contributed by atoms with Crippen LogP contribution < -0.4 is 0 Å². The van der Waals surface area contributed by atoms with E-state index in [0.29, 0.717) is 20.4 Å². The third-order valence-corrected chi connectivity index (χ3v) is 3.83. The first-order chi connectivity index (χ1) is 9.18. The second-order valence-corrected chi connectivity index (χ2v) is 5.31. The molecule has 0 bridgehead atoms. The number of fused-ring (bicyclic) bond motifs is 1. The molecule has 0 radical (unpaired) electrons. The van der Waals surface area contributed by atoms with E-state index in [-0.39, 0.29) is 5.82 Å². The lowest BCUT2D eigenvalue weighted by atomic mass is 10.0. The molecule has 3 aromatic rings. The Labute approximate surface area is 122 Å². The van der Waals surface area contributed by atoms with Gasteiger partial charge in [0.2, 0.25) is 0 Å². The lowest BCUT2D eigenvalue weighted by Crippen LogP contribution is -1.94. The Bertz CT molecular complexity index is 829. The van der Waals surface area contributed by atoms with Gasteiger partial charge in [0.15, 0.2) is 0 Å². The minimum atomic E-state index is -0.328. The summed E-state index contributed by atoms with van der Waals surface area (Å²) < 4.78 is 15.2. The first-order valence-electron chi connectivity index (χ1n) is 5.60. The molecule has 0 aliphatic heterocycles. The summed E-state index contributed by atoms with van der Waals surface area (Å²) in [4.78, 5) is 0. The van der Waals surface area contributed by atoms with Gasteiger partial charge in [0.1, 0.15) is 16.2 Å². The quantitative estimate of drug-likeness (QED) is 0.643. The summed E-state index contributed by atoms with van der Waals surface area (Å²) >= 11 is 8.39. The summed E-state index contributed by atoms with van der Waals surface area (Å²) in [7, 11) is 0. The zero-order chi connectivity index (χ0) is 13.4. The van der Waals surface area contributed by atoms with Gasteiger partial charge >= 0.3 is 0 Å². The summed E-state index contributed by atoms with van der Waals surface area (Å²) in [5.41, 5.74) is 1.000. The highest BCUT2D eigenvalue weighted by Crippen LogP contribution is 2.31. The SMILES string of the molecule is Fc1c(Br)cccc1-c1n[nH]c(=S)c2ccccc12. The molecule has 0 saturated carbocycles. The maximum absolute atomic E-state index is 14.2. The van der Waals surface area contributed by atoms with Crippen LogP contribution in [0.15, 0.2) is 46.9 Å². The highest BCUT2D eigenvalue weighted by molar-refractivity contribution is 9.10. The van der Waals surface area contributed by atoms with Crippen LogP contribution in [0, 0.1) is 10.5 Å². The Morgan fingerprint density at radius 3 is 2.58 bits per heavy atom. The van der Waals surface area contributed by atoms with Crippen molar-refractivity contribution in [1.29, 1.82) is 0 Å². The molecule has 0 atom stereocenters. The average Bonchev–Trinajstić information content (AvgIpc) is 2.43. The molecule has 0 saturated heterocycles. The predicted molar refractivity (Wildman–Crippen MR) is 80.0 cm³/mol. The van der Waals surface area contributed by atoms with E-state index in [1.807, 2.05) is 24.3 Å². The van der Waals surface area contributed by atoms with Gasteiger partial charge in [-0.2, -0.15) is 5.10 Å². The monoisotopic (exact) mass is 334 g/mol. The van der Waals surface area contributed by atoms with Crippen LogP contribution in [0.3, 0.4) is 0 Å². The van der Waals surface area contributed by atoms with E-state index in [9.17, 15) is 4.39 Å². The molecular formula is C14H8BrFN2S. The van der Waals surface area contributed by atoms with E-state index in [2.05, 4.69) is 26.1 Å². The molecule has 0 unspecified atom stereocenters. The van der Waals surface area contributed by atoms with Crippen molar-refractivity contribution in [2.24, 2.45) is 0 Å². The number of rotatable bonds is 1. The van der Waals surface area contributed by atoms with Crippen molar-refractivity contribution in [2.45, 2.75) is 0 Å². The minimum absolute atomic E-state index is 0.328. The van der Waals surface area contributed by atoms with Crippen molar-refractivity contribution >= 4 is 38.9 Å². The van der Waals surface area contributed by atoms with Crippen molar-refractivity contribution in [3.05, 3.63) is 57.4 Å². The van der Waals surface area contributed by atoms with Crippen molar-refractivity contribution in [3.63, 3.8) is 0 Å². The van der Waals surface area contributed by atoms with Crippen LogP contribution in [0.5, 0.6) is 0 Å². The maximum Gasteiger partial charge on any atom is 0.146 e. The number of halogens is 2. The summed E-state index contributed by atoms with van der Waals surface area (Å²) in [5.74, 6) is -0.328. The van der Waals surface area contributed by atoms with Crippen LogP contribution >= 0.6 is 28.1 Å². The van der Waals surface area contributed by atoms with Crippen molar-refractivity contribution in [3.8, 4) is 11.3 Å². The molecule has 0 aliphatic rings. The maximum atomic E-state index is 14.2. The molecule has 0 aliphatic carbocycles. The number of benzene rings is 2. The zero-order valence-electron chi connectivity index (χ0n) is 9.65. The molecular weight excluding hydrogens is 327 g/mol. The first kappa shape index (κ1) is 12.4. The summed E-state index contributed by atoms with van der Waals surface area (Å²) in [6, 6.07) is 12.7. The van der Waals surface area contributed by atoms with Gasteiger partial charge in [-0.25, -0.2) is 4.39 Å². The Kier molecular flexibility index (Phi) is 3.16. The van der Waals surface area contributed by atoms with Gasteiger partial charge in [-0.1, -0.05) is 42.5 Å². The Morgan fingerprint density at radius 2 is 1.79 bits per heavy atom. The van der Waals surface area contributed by atoms with Gasteiger partial charge in [0.05, 0.1) is 4.47 Å². The fraction of sp³-hybridized carbons (Fsp3) is 0. The Hall–Kier alpha value is -1.59. The number of hydrogen-bond donors (Lipinski definition) is 1. The van der Waals surface area contributed by atoms with E-state index in [1.54, 1.807) is 18.2 Å². The van der Waals surface area contributed by atoms with Gasteiger partial charge in [-0.05, 0) is 28.1 Å². The standard InChI is InChI=1S/C14H8BrFN2S/c15-11-7-3-6-10(12(11)16)13-8-4-1-2-5-9(8)14(19)18-17-13/h1-7H,(H,18,19). The number of hydrogen-bond acceptors (Lipinski definition) is 2. The number of aromatic amines is 1. The molecule has 0 amide bonds. The molecule has 0 fully saturated rings. The highest BCUT2D eigenvalue weighted by Gasteiger charge is 2.13. The lowest BCUT2D eigenvalue weighted by molar-refractivity contribution is 0.624. The topological polar surface area (TPSA) is 28.7 Å². The number of H-pyrrole nitrogens is 1. The fourth-order valence-electron chi connectivity index (χ4n) is 2.01. The number of nitrogens with one attached hydrogen (secondary N) is 1. The minimum Gasteiger partial charge on any atom is -0.267 e. The van der Waals surface area contributed by atoms with E-state index in [4.69, 9.17) is 12.2 Å². The van der Waals surface area contributed by atoms with E-state index < -0.39 is 0 Å². The fourth-order valence-corrected chi connectivity index (χ4v) is 2.60.